The van der Waals surface area contributed by atoms with E-state index in [-0.39, 0.29) is 0 Å². The number of ether oxygens (including phenoxy) is 1. The van der Waals surface area contributed by atoms with Crippen LogP contribution < -0.4 is 5.32 Å². The number of alkyl halides is 3. The van der Waals surface area contributed by atoms with E-state index < -0.39 is 29.2 Å². The highest BCUT2D eigenvalue weighted by Crippen LogP contribution is 2.43. The Labute approximate surface area is 121 Å². The molecule has 2 rings (SSSR count). The summed E-state index contributed by atoms with van der Waals surface area (Å²) in [5.41, 5.74) is -1.37. The van der Waals surface area contributed by atoms with Gasteiger partial charge in [0.05, 0.1) is 17.2 Å². The number of halogens is 4. The van der Waals surface area contributed by atoms with E-state index in [1.54, 1.807) is 14.2 Å². The summed E-state index contributed by atoms with van der Waals surface area (Å²) in [6, 6.07) is 2.76. The molecule has 0 saturated heterocycles. The van der Waals surface area contributed by atoms with E-state index in [0.29, 0.717) is 5.56 Å². The van der Waals surface area contributed by atoms with Gasteiger partial charge in [0, 0.05) is 7.11 Å². The number of likely N-dealkylation sites (N-methyl/N-ethyl adjacent to an activating group) is 1. The summed E-state index contributed by atoms with van der Waals surface area (Å²) in [5, 5.41) is 3.04. The Bertz CT molecular complexity index is 495. The monoisotopic (exact) mass is 305 g/mol. The summed E-state index contributed by atoms with van der Waals surface area (Å²) >= 11 is 0. The molecule has 1 atom stereocenters. The van der Waals surface area contributed by atoms with Crippen LogP contribution in [0.25, 0.3) is 0 Å². The first-order chi connectivity index (χ1) is 9.84. The van der Waals surface area contributed by atoms with Crippen molar-refractivity contribution in [2.75, 3.05) is 14.2 Å². The Hall–Kier alpha value is -1.14. The topological polar surface area (TPSA) is 21.3 Å². The first-order valence-corrected chi connectivity index (χ1v) is 6.93. The van der Waals surface area contributed by atoms with Gasteiger partial charge in [-0.25, -0.2) is 4.39 Å². The molecule has 1 aliphatic rings. The molecule has 0 heterocycles. The molecular weight excluding hydrogens is 286 g/mol. The number of hydrogen-bond acceptors (Lipinski definition) is 2. The second-order valence-corrected chi connectivity index (χ2v) is 5.43. The average molecular weight is 305 g/mol. The van der Waals surface area contributed by atoms with Crippen LogP contribution in [0.2, 0.25) is 0 Å². The third kappa shape index (κ3) is 3.06. The van der Waals surface area contributed by atoms with E-state index in [4.69, 9.17) is 4.74 Å². The minimum absolute atomic E-state index is 0.397. The average Bonchev–Trinajstić information content (AvgIpc) is 2.90. The SMILES string of the molecule is CNC(c1ccc(F)c(C(F)(F)F)c1)C1(OC)CCCC1. The molecule has 1 aromatic rings. The van der Waals surface area contributed by atoms with Gasteiger partial charge in [-0.05, 0) is 37.6 Å². The van der Waals surface area contributed by atoms with Crippen LogP contribution in [0.3, 0.4) is 0 Å². The fourth-order valence-electron chi connectivity index (χ4n) is 3.26. The molecule has 1 saturated carbocycles. The van der Waals surface area contributed by atoms with Crippen LogP contribution in [-0.2, 0) is 10.9 Å². The van der Waals surface area contributed by atoms with E-state index in [9.17, 15) is 17.6 Å². The number of methoxy groups -OCH3 is 1. The summed E-state index contributed by atoms with van der Waals surface area (Å²) < 4.78 is 57.6. The van der Waals surface area contributed by atoms with Gasteiger partial charge in [-0.1, -0.05) is 18.9 Å². The lowest BCUT2D eigenvalue weighted by molar-refractivity contribution is -0.140. The van der Waals surface area contributed by atoms with Crippen molar-refractivity contribution in [3.05, 3.63) is 35.1 Å². The van der Waals surface area contributed by atoms with Gasteiger partial charge in [0.25, 0.3) is 0 Å². The second-order valence-electron chi connectivity index (χ2n) is 5.43. The molecule has 0 amide bonds. The lowest BCUT2D eigenvalue weighted by Gasteiger charge is -2.36. The van der Waals surface area contributed by atoms with E-state index in [0.717, 1.165) is 37.8 Å². The fraction of sp³-hybridized carbons (Fsp3) is 0.600. The summed E-state index contributed by atoms with van der Waals surface area (Å²) in [7, 11) is 3.25. The molecular formula is C15H19F4NO. The van der Waals surface area contributed by atoms with Crippen LogP contribution in [0.5, 0.6) is 0 Å². The Morgan fingerprint density at radius 3 is 2.33 bits per heavy atom. The molecule has 1 unspecified atom stereocenters. The highest BCUT2D eigenvalue weighted by atomic mass is 19.4. The molecule has 0 spiro atoms. The van der Waals surface area contributed by atoms with E-state index in [1.165, 1.54) is 6.07 Å². The van der Waals surface area contributed by atoms with Crippen LogP contribution in [0, 0.1) is 5.82 Å². The zero-order valence-electron chi connectivity index (χ0n) is 12.1. The number of nitrogens with one attached hydrogen (secondary N) is 1. The maximum absolute atomic E-state index is 13.4. The van der Waals surface area contributed by atoms with Crippen molar-refractivity contribution in [2.24, 2.45) is 0 Å². The minimum Gasteiger partial charge on any atom is -0.376 e. The predicted molar refractivity (Wildman–Crippen MR) is 71.4 cm³/mol. The third-order valence-corrected chi connectivity index (χ3v) is 4.30. The van der Waals surface area contributed by atoms with Gasteiger partial charge >= 0.3 is 6.18 Å². The van der Waals surface area contributed by atoms with Gasteiger partial charge in [0.1, 0.15) is 5.82 Å². The molecule has 0 bridgehead atoms. The molecule has 2 nitrogen and oxygen atoms in total. The number of hydrogen-bond donors (Lipinski definition) is 1. The lowest BCUT2D eigenvalue weighted by atomic mass is 9.86. The van der Waals surface area contributed by atoms with Crippen LogP contribution >= 0.6 is 0 Å². The first kappa shape index (κ1) is 16.2. The van der Waals surface area contributed by atoms with E-state index >= 15 is 0 Å². The number of benzene rings is 1. The fourth-order valence-corrected chi connectivity index (χ4v) is 3.26. The Morgan fingerprint density at radius 1 is 1.24 bits per heavy atom. The molecule has 1 N–H and O–H groups in total. The summed E-state index contributed by atoms with van der Waals surface area (Å²) in [6.07, 6.45) is -1.21. The summed E-state index contributed by atoms with van der Waals surface area (Å²) in [5.74, 6) is -1.25. The highest BCUT2D eigenvalue weighted by molar-refractivity contribution is 5.31. The standard InChI is InChI=1S/C15H19F4NO/c1-20-13(14(21-2)7-3-4-8-14)10-5-6-12(16)11(9-10)15(17,18)19/h5-6,9,13,20H,3-4,7-8H2,1-2H3. The van der Waals surface area contributed by atoms with Gasteiger partial charge < -0.3 is 10.1 Å². The molecule has 0 radical (unpaired) electrons. The molecule has 1 aromatic carbocycles. The predicted octanol–water partition coefficient (Wildman–Crippen LogP) is 4.06. The van der Waals surface area contributed by atoms with Crippen molar-refractivity contribution in [2.45, 2.75) is 43.5 Å². The van der Waals surface area contributed by atoms with Crippen LogP contribution in [0.1, 0.15) is 42.9 Å². The van der Waals surface area contributed by atoms with Crippen LogP contribution in [-0.4, -0.2) is 19.8 Å². The molecule has 0 aromatic heterocycles. The van der Waals surface area contributed by atoms with Gasteiger partial charge in [0.2, 0.25) is 0 Å². The lowest BCUT2D eigenvalue weighted by Crippen LogP contribution is -2.42. The smallest absolute Gasteiger partial charge is 0.376 e. The van der Waals surface area contributed by atoms with E-state index in [2.05, 4.69) is 5.32 Å². The van der Waals surface area contributed by atoms with Crippen LogP contribution in [0.15, 0.2) is 18.2 Å². The molecule has 21 heavy (non-hydrogen) atoms. The second kappa shape index (κ2) is 5.93. The largest absolute Gasteiger partial charge is 0.419 e. The zero-order chi connectivity index (χ0) is 15.7. The molecule has 1 fully saturated rings. The minimum atomic E-state index is -4.70. The van der Waals surface area contributed by atoms with Crippen LogP contribution in [0.4, 0.5) is 17.6 Å². The van der Waals surface area contributed by atoms with Gasteiger partial charge in [-0.15, -0.1) is 0 Å². The Balaban J connectivity index is 2.43. The van der Waals surface area contributed by atoms with Crippen molar-refractivity contribution in [1.82, 2.24) is 5.32 Å². The Morgan fingerprint density at radius 2 is 1.86 bits per heavy atom. The summed E-state index contributed by atoms with van der Waals surface area (Å²) in [4.78, 5) is 0. The van der Waals surface area contributed by atoms with Crippen molar-refractivity contribution in [3.63, 3.8) is 0 Å². The van der Waals surface area contributed by atoms with E-state index in [1.807, 2.05) is 0 Å². The normalized spacial score (nSPS) is 19.7. The van der Waals surface area contributed by atoms with Crippen molar-refractivity contribution in [1.29, 1.82) is 0 Å². The van der Waals surface area contributed by atoms with Gasteiger partial charge in [-0.2, -0.15) is 13.2 Å². The molecule has 118 valence electrons. The van der Waals surface area contributed by atoms with Crippen molar-refractivity contribution < 1.29 is 22.3 Å². The molecule has 1 aliphatic carbocycles. The molecule has 0 aliphatic heterocycles. The first-order valence-electron chi connectivity index (χ1n) is 6.93. The maximum Gasteiger partial charge on any atom is 0.419 e. The maximum atomic E-state index is 13.4. The van der Waals surface area contributed by atoms with Crippen molar-refractivity contribution >= 4 is 0 Å². The third-order valence-electron chi connectivity index (χ3n) is 4.30. The van der Waals surface area contributed by atoms with Crippen molar-refractivity contribution in [3.8, 4) is 0 Å². The summed E-state index contributed by atoms with van der Waals surface area (Å²) in [6.45, 7) is 0. The van der Waals surface area contributed by atoms with Gasteiger partial charge in [0.15, 0.2) is 0 Å². The zero-order valence-corrected chi connectivity index (χ0v) is 12.1. The van der Waals surface area contributed by atoms with Gasteiger partial charge in [-0.3, -0.25) is 0 Å². The quantitative estimate of drug-likeness (QED) is 0.847. The number of rotatable bonds is 4. The molecule has 6 heteroatoms. The highest BCUT2D eigenvalue weighted by Gasteiger charge is 2.43. The Kier molecular flexibility index (Phi) is 4.58.